The number of fused-ring (bicyclic) bond motifs is 1. The number of benzene rings is 1. The van der Waals surface area contributed by atoms with Crippen molar-refractivity contribution in [3.8, 4) is 11.5 Å². The van der Waals surface area contributed by atoms with Gasteiger partial charge in [0.2, 0.25) is 12.7 Å². The van der Waals surface area contributed by atoms with Gasteiger partial charge in [0.15, 0.2) is 11.5 Å². The largest absolute Gasteiger partial charge is 0.454 e. The van der Waals surface area contributed by atoms with Crippen molar-refractivity contribution in [3.05, 3.63) is 23.8 Å². The number of amides is 1. The minimum Gasteiger partial charge on any atom is -0.454 e. The predicted molar refractivity (Wildman–Crippen MR) is 102 cm³/mol. The Kier molecular flexibility index (Phi) is 5.83. The highest BCUT2D eigenvalue weighted by Crippen LogP contribution is 2.34. The van der Waals surface area contributed by atoms with E-state index in [0.717, 1.165) is 49.9 Å². The van der Waals surface area contributed by atoms with Crippen molar-refractivity contribution in [1.82, 2.24) is 10.2 Å². The lowest BCUT2D eigenvalue weighted by Crippen LogP contribution is -2.59. The molecule has 0 radical (unpaired) electrons. The second-order valence-corrected chi connectivity index (χ2v) is 7.85. The molecule has 0 spiro atoms. The molecule has 6 nitrogen and oxygen atoms in total. The van der Waals surface area contributed by atoms with Crippen LogP contribution in [0.15, 0.2) is 18.2 Å². The standard InChI is InChI=1S/C21H30N2O4/c24-20(7-5-17-4-6-18-19(14-17)27-16-26-18)22-15-21(8-2-1-3-9-21)23-10-12-25-13-11-23/h4,6,14H,1-3,5,7-13,15-16H2,(H,22,24). The van der Waals surface area contributed by atoms with E-state index in [1.807, 2.05) is 18.2 Å². The average molecular weight is 374 g/mol. The number of nitrogens with one attached hydrogen (secondary N) is 1. The number of ether oxygens (including phenoxy) is 3. The molecule has 1 saturated heterocycles. The van der Waals surface area contributed by atoms with E-state index in [9.17, 15) is 4.79 Å². The molecule has 0 bridgehead atoms. The molecule has 148 valence electrons. The molecule has 1 N–H and O–H groups in total. The fraction of sp³-hybridized carbons (Fsp3) is 0.667. The highest BCUT2D eigenvalue weighted by molar-refractivity contribution is 5.76. The van der Waals surface area contributed by atoms with Gasteiger partial charge < -0.3 is 19.5 Å². The van der Waals surface area contributed by atoms with Crippen LogP contribution < -0.4 is 14.8 Å². The molecule has 1 amide bonds. The zero-order valence-electron chi connectivity index (χ0n) is 16.0. The van der Waals surface area contributed by atoms with Crippen LogP contribution >= 0.6 is 0 Å². The minimum absolute atomic E-state index is 0.121. The first-order chi connectivity index (χ1) is 13.3. The van der Waals surface area contributed by atoms with Crippen LogP contribution in [0.1, 0.15) is 44.1 Å². The molecule has 4 rings (SSSR count). The average Bonchev–Trinajstić information content (AvgIpc) is 3.20. The maximum atomic E-state index is 12.5. The second kappa shape index (κ2) is 8.48. The van der Waals surface area contributed by atoms with E-state index in [4.69, 9.17) is 14.2 Å². The van der Waals surface area contributed by atoms with Gasteiger partial charge in [0.25, 0.3) is 0 Å². The molecule has 1 aliphatic carbocycles. The topological polar surface area (TPSA) is 60.0 Å². The second-order valence-electron chi connectivity index (χ2n) is 7.85. The summed E-state index contributed by atoms with van der Waals surface area (Å²) in [5.41, 5.74) is 1.23. The van der Waals surface area contributed by atoms with Crippen LogP contribution in [0.25, 0.3) is 0 Å². The Morgan fingerprint density at radius 3 is 2.67 bits per heavy atom. The van der Waals surface area contributed by atoms with E-state index in [0.29, 0.717) is 12.8 Å². The number of morpholine rings is 1. The SMILES string of the molecule is O=C(CCc1ccc2c(c1)OCO2)NCC1(N2CCOCC2)CCCCC1. The maximum absolute atomic E-state index is 12.5. The fourth-order valence-electron chi connectivity index (χ4n) is 4.56. The van der Waals surface area contributed by atoms with E-state index in [1.165, 1.54) is 32.1 Å². The summed E-state index contributed by atoms with van der Waals surface area (Å²) in [4.78, 5) is 15.1. The van der Waals surface area contributed by atoms with Crippen LogP contribution in [0.2, 0.25) is 0 Å². The van der Waals surface area contributed by atoms with E-state index < -0.39 is 0 Å². The summed E-state index contributed by atoms with van der Waals surface area (Å²) >= 11 is 0. The quantitative estimate of drug-likeness (QED) is 0.829. The third-order valence-electron chi connectivity index (χ3n) is 6.16. The first kappa shape index (κ1) is 18.6. The summed E-state index contributed by atoms with van der Waals surface area (Å²) < 4.78 is 16.3. The monoisotopic (exact) mass is 374 g/mol. The van der Waals surface area contributed by atoms with Gasteiger partial charge in [-0.2, -0.15) is 0 Å². The summed E-state index contributed by atoms with van der Waals surface area (Å²) in [5, 5.41) is 3.24. The van der Waals surface area contributed by atoms with Crippen LogP contribution in [-0.4, -0.2) is 56.0 Å². The Morgan fingerprint density at radius 1 is 1.07 bits per heavy atom. The van der Waals surface area contributed by atoms with Gasteiger partial charge in [-0.15, -0.1) is 0 Å². The zero-order chi connectivity index (χ0) is 18.5. The number of nitrogens with zero attached hydrogens (tertiary/aromatic N) is 1. The molecular weight excluding hydrogens is 344 g/mol. The molecule has 6 heteroatoms. The lowest BCUT2D eigenvalue weighted by Gasteiger charge is -2.48. The Bertz CT molecular complexity index is 652. The summed E-state index contributed by atoms with van der Waals surface area (Å²) in [6.07, 6.45) is 7.38. The number of rotatable bonds is 6. The molecule has 2 fully saturated rings. The van der Waals surface area contributed by atoms with Crippen molar-refractivity contribution in [3.63, 3.8) is 0 Å². The van der Waals surface area contributed by atoms with Crippen molar-refractivity contribution >= 4 is 5.91 Å². The molecule has 0 aromatic heterocycles. The number of carbonyl (C=O) groups is 1. The van der Waals surface area contributed by atoms with Gasteiger partial charge in [-0.1, -0.05) is 25.3 Å². The molecule has 2 aliphatic heterocycles. The van der Waals surface area contributed by atoms with Crippen molar-refractivity contribution < 1.29 is 19.0 Å². The number of aryl methyl sites for hydroxylation is 1. The number of hydrogen-bond acceptors (Lipinski definition) is 5. The van der Waals surface area contributed by atoms with E-state index in [1.54, 1.807) is 0 Å². The molecular formula is C21H30N2O4. The molecule has 0 unspecified atom stereocenters. The van der Waals surface area contributed by atoms with Gasteiger partial charge in [0, 0.05) is 31.6 Å². The third-order valence-corrected chi connectivity index (χ3v) is 6.16. The zero-order valence-corrected chi connectivity index (χ0v) is 16.0. The van der Waals surface area contributed by atoms with Gasteiger partial charge >= 0.3 is 0 Å². The molecule has 0 atom stereocenters. The summed E-state index contributed by atoms with van der Waals surface area (Å²) in [6, 6.07) is 5.91. The van der Waals surface area contributed by atoms with Crippen molar-refractivity contribution in [2.24, 2.45) is 0 Å². The first-order valence-electron chi connectivity index (χ1n) is 10.2. The van der Waals surface area contributed by atoms with E-state index >= 15 is 0 Å². The van der Waals surface area contributed by atoms with Crippen LogP contribution in [0, 0.1) is 0 Å². The first-order valence-corrected chi connectivity index (χ1v) is 10.2. The van der Waals surface area contributed by atoms with Crippen molar-refractivity contribution in [2.75, 3.05) is 39.6 Å². The Balaban J connectivity index is 1.30. The predicted octanol–water partition coefficient (Wildman–Crippen LogP) is 2.50. The van der Waals surface area contributed by atoms with E-state index in [2.05, 4.69) is 10.2 Å². The van der Waals surface area contributed by atoms with Crippen molar-refractivity contribution in [2.45, 2.75) is 50.5 Å². The van der Waals surface area contributed by atoms with Crippen molar-refractivity contribution in [1.29, 1.82) is 0 Å². The third kappa shape index (κ3) is 4.38. The van der Waals surface area contributed by atoms with Gasteiger partial charge in [-0.05, 0) is 37.0 Å². The summed E-state index contributed by atoms with van der Waals surface area (Å²) in [5.74, 6) is 1.69. The Labute approximate surface area is 161 Å². The molecule has 2 heterocycles. The number of hydrogen-bond donors (Lipinski definition) is 1. The minimum atomic E-state index is 0.121. The van der Waals surface area contributed by atoms with Gasteiger partial charge in [0.1, 0.15) is 0 Å². The summed E-state index contributed by atoms with van der Waals surface area (Å²) in [7, 11) is 0. The fourth-order valence-corrected chi connectivity index (χ4v) is 4.56. The highest BCUT2D eigenvalue weighted by Gasteiger charge is 2.38. The highest BCUT2D eigenvalue weighted by atomic mass is 16.7. The van der Waals surface area contributed by atoms with Gasteiger partial charge in [-0.25, -0.2) is 0 Å². The molecule has 27 heavy (non-hydrogen) atoms. The lowest BCUT2D eigenvalue weighted by molar-refractivity contribution is -0.122. The van der Waals surface area contributed by atoms with Gasteiger partial charge in [0.05, 0.1) is 13.2 Å². The molecule has 3 aliphatic rings. The Morgan fingerprint density at radius 2 is 1.85 bits per heavy atom. The number of carbonyl (C=O) groups excluding carboxylic acids is 1. The molecule has 1 saturated carbocycles. The smallest absolute Gasteiger partial charge is 0.231 e. The Hall–Kier alpha value is -1.79. The van der Waals surface area contributed by atoms with Crippen LogP contribution in [0.5, 0.6) is 11.5 Å². The van der Waals surface area contributed by atoms with E-state index in [-0.39, 0.29) is 18.2 Å². The molecule has 1 aromatic rings. The van der Waals surface area contributed by atoms with Gasteiger partial charge in [-0.3, -0.25) is 9.69 Å². The van der Waals surface area contributed by atoms with Crippen LogP contribution in [0.3, 0.4) is 0 Å². The normalized spacial score (nSPS) is 21.8. The van der Waals surface area contributed by atoms with Crippen LogP contribution in [0.4, 0.5) is 0 Å². The lowest BCUT2D eigenvalue weighted by atomic mass is 9.79. The summed E-state index contributed by atoms with van der Waals surface area (Å²) in [6.45, 7) is 4.61. The maximum Gasteiger partial charge on any atom is 0.231 e. The van der Waals surface area contributed by atoms with Crippen LogP contribution in [-0.2, 0) is 16.0 Å². The molecule has 1 aromatic carbocycles.